The van der Waals surface area contributed by atoms with Crippen molar-refractivity contribution < 1.29 is 0 Å². The van der Waals surface area contributed by atoms with Gasteiger partial charge in [-0.2, -0.15) is 0 Å². The third-order valence-electron chi connectivity index (χ3n) is 1.62. The molecule has 0 aromatic heterocycles. The Morgan fingerprint density at radius 3 is 2.67 bits per heavy atom. The summed E-state index contributed by atoms with van der Waals surface area (Å²) in [6, 6.07) is 0. The fourth-order valence-electron chi connectivity index (χ4n) is 1.06. The van der Waals surface area contributed by atoms with Crippen molar-refractivity contribution in [1.29, 1.82) is 0 Å². The van der Waals surface area contributed by atoms with E-state index in [0.717, 1.165) is 5.92 Å². The van der Waals surface area contributed by atoms with Crippen molar-refractivity contribution in [2.24, 2.45) is 5.92 Å². The highest BCUT2D eigenvalue weighted by Gasteiger charge is 2.09. The Morgan fingerprint density at radius 2 is 2.33 bits per heavy atom. The van der Waals surface area contributed by atoms with Crippen LogP contribution in [0.1, 0.15) is 12.8 Å². The fraction of sp³-hybridized carbons (Fsp3) is 1.00. The molecule has 1 saturated heterocycles. The number of nitrogens with one attached hydrogen (secondary N) is 1. The van der Waals surface area contributed by atoms with Gasteiger partial charge in [-0.1, -0.05) is 22.6 Å². The molecule has 1 atom stereocenters. The molecule has 1 aliphatic rings. The summed E-state index contributed by atoms with van der Waals surface area (Å²) in [5.41, 5.74) is 0. The smallest absolute Gasteiger partial charge is 0.00358 e. The van der Waals surface area contributed by atoms with E-state index in [2.05, 4.69) is 27.9 Å². The van der Waals surface area contributed by atoms with Crippen LogP contribution in [0.3, 0.4) is 0 Å². The molecule has 9 heavy (non-hydrogen) atoms. The Bertz CT molecular complexity index is 64.1. The van der Waals surface area contributed by atoms with Gasteiger partial charge in [-0.15, -0.1) is 12.4 Å². The quantitative estimate of drug-likeness (QED) is 0.561. The monoisotopic (exact) mass is 261 g/mol. The lowest BCUT2D eigenvalue weighted by Crippen LogP contribution is -2.30. The van der Waals surface area contributed by atoms with Crippen LogP contribution in [0.4, 0.5) is 0 Å². The topological polar surface area (TPSA) is 12.0 Å². The van der Waals surface area contributed by atoms with E-state index in [0.29, 0.717) is 0 Å². The first-order valence-electron chi connectivity index (χ1n) is 3.20. The van der Waals surface area contributed by atoms with Crippen molar-refractivity contribution in [1.82, 2.24) is 5.32 Å². The molecule has 0 bridgehead atoms. The van der Waals surface area contributed by atoms with Crippen LogP contribution in [0.15, 0.2) is 0 Å². The average molecular weight is 262 g/mol. The normalized spacial score (nSPS) is 27.0. The highest BCUT2D eigenvalue weighted by atomic mass is 127. The second kappa shape index (κ2) is 5.74. The zero-order chi connectivity index (χ0) is 5.82. The van der Waals surface area contributed by atoms with Gasteiger partial charge in [0.05, 0.1) is 0 Å². The summed E-state index contributed by atoms with van der Waals surface area (Å²) < 4.78 is 1.32. The van der Waals surface area contributed by atoms with Crippen LogP contribution in [-0.2, 0) is 0 Å². The van der Waals surface area contributed by atoms with Crippen molar-refractivity contribution >= 4 is 35.0 Å². The van der Waals surface area contributed by atoms with Crippen LogP contribution in [0.2, 0.25) is 0 Å². The highest BCUT2D eigenvalue weighted by Crippen LogP contribution is 2.11. The van der Waals surface area contributed by atoms with Gasteiger partial charge >= 0.3 is 0 Å². The summed E-state index contributed by atoms with van der Waals surface area (Å²) in [6.45, 7) is 2.50. The first kappa shape index (κ1) is 9.98. The third-order valence-corrected chi connectivity index (χ3v) is 2.86. The highest BCUT2D eigenvalue weighted by molar-refractivity contribution is 14.1. The number of halogens is 2. The van der Waals surface area contributed by atoms with Crippen LogP contribution in [0.25, 0.3) is 0 Å². The second-order valence-electron chi connectivity index (χ2n) is 2.37. The summed E-state index contributed by atoms with van der Waals surface area (Å²) >= 11 is 2.47. The van der Waals surface area contributed by atoms with Crippen molar-refractivity contribution in [2.75, 3.05) is 17.5 Å². The molecule has 0 spiro atoms. The van der Waals surface area contributed by atoms with Crippen molar-refractivity contribution in [2.45, 2.75) is 12.8 Å². The van der Waals surface area contributed by atoms with Crippen LogP contribution < -0.4 is 5.32 Å². The molecule has 1 rings (SSSR count). The zero-order valence-corrected chi connectivity index (χ0v) is 8.37. The molecular formula is C6H13ClIN. The zero-order valence-electron chi connectivity index (χ0n) is 5.40. The van der Waals surface area contributed by atoms with Gasteiger partial charge < -0.3 is 5.32 Å². The Balaban J connectivity index is 0.000000640. The maximum absolute atomic E-state index is 3.38. The van der Waals surface area contributed by atoms with Gasteiger partial charge in [-0.25, -0.2) is 0 Å². The second-order valence-corrected chi connectivity index (χ2v) is 3.25. The van der Waals surface area contributed by atoms with E-state index in [9.17, 15) is 0 Å². The lowest BCUT2D eigenvalue weighted by Gasteiger charge is -2.19. The number of hydrogen-bond donors (Lipinski definition) is 1. The summed E-state index contributed by atoms with van der Waals surface area (Å²) in [6.07, 6.45) is 2.82. The first-order valence-corrected chi connectivity index (χ1v) is 4.72. The maximum Gasteiger partial charge on any atom is 0.00358 e. The Labute approximate surface area is 76.5 Å². The number of alkyl halides is 1. The molecule has 1 nitrogen and oxygen atoms in total. The summed E-state index contributed by atoms with van der Waals surface area (Å²) in [5.74, 6) is 0.962. The van der Waals surface area contributed by atoms with Gasteiger partial charge in [0.15, 0.2) is 0 Å². The summed E-state index contributed by atoms with van der Waals surface area (Å²) in [7, 11) is 0. The number of rotatable bonds is 1. The number of hydrogen-bond acceptors (Lipinski definition) is 1. The molecule has 1 heterocycles. The lowest BCUT2D eigenvalue weighted by molar-refractivity contribution is 0.414. The predicted octanol–water partition coefficient (Wildman–Crippen LogP) is 1.84. The van der Waals surface area contributed by atoms with E-state index in [-0.39, 0.29) is 12.4 Å². The minimum Gasteiger partial charge on any atom is -0.316 e. The molecule has 0 radical (unpaired) electrons. The van der Waals surface area contributed by atoms with Gasteiger partial charge in [0.25, 0.3) is 0 Å². The molecule has 1 N–H and O–H groups in total. The molecular weight excluding hydrogens is 248 g/mol. The van der Waals surface area contributed by atoms with E-state index in [4.69, 9.17) is 0 Å². The minimum atomic E-state index is 0. The van der Waals surface area contributed by atoms with Gasteiger partial charge in [0.2, 0.25) is 0 Å². The Hall–Kier alpha value is 0.980. The molecule has 0 amide bonds. The molecule has 56 valence electrons. The van der Waals surface area contributed by atoms with Gasteiger partial charge in [-0.3, -0.25) is 0 Å². The van der Waals surface area contributed by atoms with Crippen LogP contribution in [-0.4, -0.2) is 17.5 Å². The van der Waals surface area contributed by atoms with E-state index in [1.165, 1.54) is 30.4 Å². The summed E-state index contributed by atoms with van der Waals surface area (Å²) in [4.78, 5) is 0. The molecule has 1 aliphatic heterocycles. The molecule has 0 aliphatic carbocycles. The van der Waals surface area contributed by atoms with E-state index in [1.54, 1.807) is 0 Å². The molecule has 1 fully saturated rings. The molecule has 0 aromatic carbocycles. The Morgan fingerprint density at radius 1 is 1.56 bits per heavy atom. The molecule has 1 unspecified atom stereocenters. The van der Waals surface area contributed by atoms with E-state index < -0.39 is 0 Å². The van der Waals surface area contributed by atoms with Gasteiger partial charge in [0, 0.05) is 4.43 Å². The van der Waals surface area contributed by atoms with E-state index >= 15 is 0 Å². The van der Waals surface area contributed by atoms with Crippen molar-refractivity contribution in [3.8, 4) is 0 Å². The van der Waals surface area contributed by atoms with Crippen molar-refractivity contribution in [3.05, 3.63) is 0 Å². The van der Waals surface area contributed by atoms with Crippen LogP contribution >= 0.6 is 35.0 Å². The van der Waals surface area contributed by atoms with Crippen LogP contribution in [0.5, 0.6) is 0 Å². The average Bonchev–Trinajstić information content (AvgIpc) is 1.90. The van der Waals surface area contributed by atoms with Crippen molar-refractivity contribution in [3.63, 3.8) is 0 Å². The standard InChI is InChI=1S/C6H12IN.ClH/c7-4-6-2-1-3-8-5-6;/h6,8H,1-5H2;1H. The maximum atomic E-state index is 3.38. The first-order chi connectivity index (χ1) is 3.93. The fourth-order valence-corrected chi connectivity index (χ4v) is 1.81. The third kappa shape index (κ3) is 3.63. The molecule has 0 aromatic rings. The lowest BCUT2D eigenvalue weighted by atomic mass is 10.0. The summed E-state index contributed by atoms with van der Waals surface area (Å²) in [5, 5.41) is 3.38. The van der Waals surface area contributed by atoms with Crippen LogP contribution in [0, 0.1) is 5.92 Å². The largest absolute Gasteiger partial charge is 0.316 e. The van der Waals surface area contributed by atoms with Gasteiger partial charge in [0.1, 0.15) is 0 Å². The van der Waals surface area contributed by atoms with Gasteiger partial charge in [-0.05, 0) is 31.8 Å². The molecule has 3 heteroatoms. The minimum absolute atomic E-state index is 0. The van der Waals surface area contributed by atoms with E-state index in [1.807, 2.05) is 0 Å². The number of piperidine rings is 1. The SMILES string of the molecule is Cl.ICC1CCCNC1. The molecule has 0 saturated carbocycles. The Kier molecular flexibility index (Phi) is 6.37. The predicted molar refractivity (Wildman–Crippen MR) is 51.7 cm³/mol.